The molecule has 2 aromatic carbocycles. The summed E-state index contributed by atoms with van der Waals surface area (Å²) in [5.41, 5.74) is 2.36. The van der Waals surface area contributed by atoms with Crippen LogP contribution >= 0.6 is 11.6 Å². The predicted molar refractivity (Wildman–Crippen MR) is 112 cm³/mol. The molecule has 1 N–H and O–H groups in total. The molecule has 6 heteroatoms. The zero-order valence-electron chi connectivity index (χ0n) is 15.9. The summed E-state index contributed by atoms with van der Waals surface area (Å²) < 4.78 is 28.7. The minimum absolute atomic E-state index is 0.111. The average Bonchev–Trinajstić information content (AvgIpc) is 2.64. The lowest BCUT2D eigenvalue weighted by atomic mass is 9.89. The van der Waals surface area contributed by atoms with E-state index in [0.717, 1.165) is 37.9 Å². The predicted octanol–water partition coefficient (Wildman–Crippen LogP) is 4.76. The molecule has 4 nitrogen and oxygen atoms in total. The van der Waals surface area contributed by atoms with Crippen molar-refractivity contribution in [3.8, 4) is 0 Å². The molecule has 3 rings (SSSR count). The maximum absolute atomic E-state index is 12.9. The third-order valence-corrected chi connectivity index (χ3v) is 6.99. The van der Waals surface area contributed by atoms with Crippen LogP contribution in [0, 0.1) is 6.92 Å². The fourth-order valence-corrected chi connectivity index (χ4v) is 5.35. The summed E-state index contributed by atoms with van der Waals surface area (Å²) in [6.07, 6.45) is 3.98. The largest absolute Gasteiger partial charge is 0.367 e. The Morgan fingerprint density at radius 2 is 1.81 bits per heavy atom. The van der Waals surface area contributed by atoms with Crippen molar-refractivity contribution in [1.29, 1.82) is 0 Å². The monoisotopic (exact) mass is 406 g/mol. The first-order valence-electron chi connectivity index (χ1n) is 9.52. The van der Waals surface area contributed by atoms with Crippen molar-refractivity contribution in [2.75, 3.05) is 11.4 Å². The van der Waals surface area contributed by atoms with Crippen LogP contribution in [-0.2, 0) is 10.0 Å². The Balaban J connectivity index is 1.85. The number of rotatable bonds is 6. The molecule has 0 heterocycles. The number of likely N-dealkylation sites (N-methyl/N-ethyl adjacent to an activating group) is 1. The highest BCUT2D eigenvalue weighted by atomic mass is 35.5. The fraction of sp³-hybridized carbons (Fsp3) is 0.429. The van der Waals surface area contributed by atoms with Crippen LogP contribution in [0.2, 0.25) is 5.02 Å². The second-order valence-corrected chi connectivity index (χ2v) is 9.31. The Labute approximate surface area is 167 Å². The Kier molecular flexibility index (Phi) is 6.45. The number of aryl methyl sites for hydroxylation is 1. The zero-order valence-corrected chi connectivity index (χ0v) is 17.4. The van der Waals surface area contributed by atoms with Gasteiger partial charge in [0.1, 0.15) is 0 Å². The van der Waals surface area contributed by atoms with Crippen LogP contribution in [0.15, 0.2) is 53.4 Å². The molecule has 146 valence electrons. The number of hydrogen-bond acceptors (Lipinski definition) is 3. The van der Waals surface area contributed by atoms with Crippen LogP contribution in [0.5, 0.6) is 0 Å². The molecule has 27 heavy (non-hydrogen) atoms. The van der Waals surface area contributed by atoms with E-state index in [1.54, 1.807) is 24.3 Å². The molecule has 2 aromatic rings. The van der Waals surface area contributed by atoms with Crippen LogP contribution < -0.4 is 9.62 Å². The molecule has 2 atom stereocenters. The van der Waals surface area contributed by atoms with Gasteiger partial charge in [-0.3, -0.25) is 0 Å². The number of hydrogen-bond donors (Lipinski definition) is 1. The first kappa shape index (κ1) is 20.2. The van der Waals surface area contributed by atoms with Crippen molar-refractivity contribution in [2.45, 2.75) is 56.5 Å². The van der Waals surface area contributed by atoms with Crippen molar-refractivity contribution in [3.63, 3.8) is 0 Å². The third kappa shape index (κ3) is 4.84. The lowest BCUT2D eigenvalue weighted by Gasteiger charge is -2.41. The first-order chi connectivity index (χ1) is 12.9. The Morgan fingerprint density at radius 1 is 1.11 bits per heavy atom. The molecule has 1 fully saturated rings. The molecule has 1 aliphatic carbocycles. The molecular weight excluding hydrogens is 380 g/mol. The Hall–Kier alpha value is -1.56. The third-order valence-electron chi connectivity index (χ3n) is 5.23. The van der Waals surface area contributed by atoms with Gasteiger partial charge in [-0.25, -0.2) is 13.1 Å². The van der Waals surface area contributed by atoms with E-state index in [1.165, 1.54) is 5.56 Å². The van der Waals surface area contributed by atoms with Gasteiger partial charge in [-0.1, -0.05) is 36.6 Å². The van der Waals surface area contributed by atoms with Gasteiger partial charge in [0.25, 0.3) is 0 Å². The van der Waals surface area contributed by atoms with Crippen LogP contribution in [0.3, 0.4) is 0 Å². The van der Waals surface area contributed by atoms with Gasteiger partial charge in [-0.2, -0.15) is 0 Å². The molecule has 0 saturated heterocycles. The number of nitrogens with zero attached hydrogens (tertiary/aromatic N) is 1. The van der Waals surface area contributed by atoms with Crippen LogP contribution in [0.25, 0.3) is 0 Å². The molecule has 0 bridgehead atoms. The van der Waals surface area contributed by atoms with Gasteiger partial charge >= 0.3 is 0 Å². The van der Waals surface area contributed by atoms with Gasteiger partial charge in [0, 0.05) is 29.3 Å². The topological polar surface area (TPSA) is 49.4 Å². The number of halogens is 1. The summed E-state index contributed by atoms with van der Waals surface area (Å²) in [4.78, 5) is 2.59. The molecule has 0 amide bonds. The summed E-state index contributed by atoms with van der Waals surface area (Å²) in [6.45, 7) is 5.05. The SMILES string of the molecule is CCN(c1cccc(C)c1)[C@H]1CCCC[C@@H]1NS(=O)(=O)c1ccc(Cl)cc1. The van der Waals surface area contributed by atoms with E-state index in [2.05, 4.69) is 47.7 Å². The molecular formula is C21H27ClN2O2S. The minimum atomic E-state index is -3.58. The summed E-state index contributed by atoms with van der Waals surface area (Å²) in [7, 11) is -3.58. The highest BCUT2D eigenvalue weighted by Crippen LogP contribution is 2.29. The smallest absolute Gasteiger partial charge is 0.240 e. The van der Waals surface area contributed by atoms with Gasteiger partial charge < -0.3 is 4.90 Å². The van der Waals surface area contributed by atoms with E-state index < -0.39 is 10.0 Å². The minimum Gasteiger partial charge on any atom is -0.367 e. The van der Waals surface area contributed by atoms with Crippen molar-refractivity contribution in [3.05, 3.63) is 59.1 Å². The molecule has 0 spiro atoms. The second kappa shape index (κ2) is 8.63. The molecule has 0 aromatic heterocycles. The fourth-order valence-electron chi connectivity index (χ4n) is 3.92. The molecule has 1 aliphatic rings. The number of sulfonamides is 1. The Bertz CT molecular complexity index is 868. The zero-order chi connectivity index (χ0) is 19.4. The average molecular weight is 407 g/mol. The van der Waals surface area contributed by atoms with E-state index in [1.807, 2.05) is 0 Å². The first-order valence-corrected chi connectivity index (χ1v) is 11.4. The van der Waals surface area contributed by atoms with E-state index >= 15 is 0 Å². The van der Waals surface area contributed by atoms with E-state index in [0.29, 0.717) is 5.02 Å². The van der Waals surface area contributed by atoms with Gasteiger partial charge in [0.15, 0.2) is 0 Å². The summed E-state index contributed by atoms with van der Waals surface area (Å²) in [6, 6.07) is 14.8. The van der Waals surface area contributed by atoms with E-state index in [-0.39, 0.29) is 17.0 Å². The highest BCUT2D eigenvalue weighted by molar-refractivity contribution is 7.89. The van der Waals surface area contributed by atoms with E-state index in [9.17, 15) is 8.42 Å². The van der Waals surface area contributed by atoms with Crippen molar-refractivity contribution >= 4 is 27.3 Å². The molecule has 1 saturated carbocycles. The van der Waals surface area contributed by atoms with Crippen molar-refractivity contribution in [1.82, 2.24) is 4.72 Å². The van der Waals surface area contributed by atoms with Gasteiger partial charge in [-0.05, 0) is 68.7 Å². The standard InChI is InChI=1S/C21H27ClN2O2S/c1-3-24(18-8-6-7-16(2)15-18)21-10-5-4-9-20(21)23-27(25,26)19-13-11-17(22)12-14-19/h6-8,11-15,20-21,23H,3-5,9-10H2,1-2H3/t20-,21-/m0/s1. The van der Waals surface area contributed by atoms with Crippen molar-refractivity contribution < 1.29 is 8.42 Å². The van der Waals surface area contributed by atoms with Gasteiger partial charge in [0.2, 0.25) is 10.0 Å². The van der Waals surface area contributed by atoms with E-state index in [4.69, 9.17) is 11.6 Å². The quantitative estimate of drug-likeness (QED) is 0.752. The number of benzene rings is 2. The summed E-state index contributed by atoms with van der Waals surface area (Å²) >= 11 is 5.90. The number of nitrogens with one attached hydrogen (secondary N) is 1. The van der Waals surface area contributed by atoms with Crippen molar-refractivity contribution in [2.24, 2.45) is 0 Å². The lowest BCUT2D eigenvalue weighted by molar-refractivity contribution is 0.345. The Morgan fingerprint density at radius 3 is 2.48 bits per heavy atom. The maximum Gasteiger partial charge on any atom is 0.240 e. The lowest BCUT2D eigenvalue weighted by Crippen LogP contribution is -2.53. The van der Waals surface area contributed by atoms with Crippen LogP contribution in [0.4, 0.5) is 5.69 Å². The second-order valence-electron chi connectivity index (χ2n) is 7.16. The number of anilines is 1. The summed E-state index contributed by atoms with van der Waals surface area (Å²) in [5, 5.41) is 0.529. The molecule has 0 aliphatic heterocycles. The van der Waals surface area contributed by atoms with Crippen LogP contribution in [0.1, 0.15) is 38.2 Å². The normalized spacial score (nSPS) is 20.4. The summed E-state index contributed by atoms with van der Waals surface area (Å²) in [5.74, 6) is 0. The molecule has 0 unspecified atom stereocenters. The highest BCUT2D eigenvalue weighted by Gasteiger charge is 2.33. The van der Waals surface area contributed by atoms with Gasteiger partial charge in [-0.15, -0.1) is 0 Å². The molecule has 0 radical (unpaired) electrons. The van der Waals surface area contributed by atoms with Crippen LogP contribution in [-0.4, -0.2) is 27.0 Å². The maximum atomic E-state index is 12.9. The van der Waals surface area contributed by atoms with Gasteiger partial charge in [0.05, 0.1) is 4.90 Å².